The number of carbonyl (C=O) groups excluding carboxylic acids is 2. The fourth-order valence-corrected chi connectivity index (χ4v) is 3.41. The van der Waals surface area contributed by atoms with Crippen molar-refractivity contribution in [2.45, 2.75) is 36.3 Å². The molecule has 2 heterocycles. The lowest BCUT2D eigenvalue weighted by Gasteiger charge is -2.28. The van der Waals surface area contributed by atoms with Crippen LogP contribution < -0.4 is 10.6 Å². The Kier molecular flexibility index (Phi) is 5.00. The number of alkyl halides is 3. The summed E-state index contributed by atoms with van der Waals surface area (Å²) in [5.41, 5.74) is 1.57. The average Bonchev–Trinajstić information content (AvgIpc) is 2.76. The predicted octanol–water partition coefficient (Wildman–Crippen LogP) is 4.02. The van der Waals surface area contributed by atoms with Crippen LogP contribution in [0.5, 0.6) is 0 Å². The van der Waals surface area contributed by atoms with E-state index >= 15 is 0 Å². The Morgan fingerprint density at radius 1 is 1.14 bits per heavy atom. The van der Waals surface area contributed by atoms with Gasteiger partial charge >= 0.3 is 11.5 Å². The molecule has 3 rings (SSSR count). The molecule has 2 aromatic rings. The minimum atomic E-state index is -4.41. The number of thioether (sulfide) groups is 1. The number of carbonyl (C=O) groups is 2. The van der Waals surface area contributed by atoms with Gasteiger partial charge in [-0.1, -0.05) is 0 Å². The number of nitrogen functional groups attached to an aromatic ring is 1. The molecule has 0 saturated carbocycles. The van der Waals surface area contributed by atoms with Crippen LogP contribution in [0.15, 0.2) is 47.6 Å². The largest absolute Gasteiger partial charge is 0.446 e. The molecule has 0 radical (unpaired) electrons. The second kappa shape index (κ2) is 7.01. The number of anilines is 2. The number of hydrogen-bond acceptors (Lipinski definition) is 5. The Balaban J connectivity index is 1.88. The van der Waals surface area contributed by atoms with Crippen molar-refractivity contribution in [3.8, 4) is 0 Å². The Hall–Kier alpha value is -2.75. The Morgan fingerprint density at radius 2 is 1.79 bits per heavy atom. The number of imide groups is 1. The van der Waals surface area contributed by atoms with Crippen molar-refractivity contribution in [3.63, 3.8) is 0 Å². The number of hydrogen-bond donors (Lipinski definition) is 1. The van der Waals surface area contributed by atoms with Crippen molar-refractivity contribution in [1.82, 2.24) is 9.88 Å². The molecule has 1 aromatic heterocycles. The molecular weight excluding hydrogens is 393 g/mol. The maximum Gasteiger partial charge on any atom is 0.446 e. The smallest absolute Gasteiger partial charge is 0.397 e. The van der Waals surface area contributed by atoms with Gasteiger partial charge in [0.2, 0.25) is 0 Å². The average molecular weight is 410 g/mol. The van der Waals surface area contributed by atoms with E-state index in [2.05, 4.69) is 4.98 Å². The van der Waals surface area contributed by atoms with Crippen LogP contribution >= 0.6 is 11.8 Å². The van der Waals surface area contributed by atoms with Crippen LogP contribution in [0, 0.1) is 0 Å². The van der Waals surface area contributed by atoms with E-state index in [0.29, 0.717) is 11.3 Å². The number of benzene rings is 1. The van der Waals surface area contributed by atoms with Gasteiger partial charge in [0, 0.05) is 11.1 Å². The number of halogens is 3. The number of pyridine rings is 1. The van der Waals surface area contributed by atoms with Gasteiger partial charge < -0.3 is 10.6 Å². The standard InChI is InChI=1S/C18H17F3N4O2S/c1-17(2)15(26)25(12-3-5-13(6-4-12)28-18(19,20)21)16(27)24(17)10-11-7-8-23-9-14(11)22/h3-9H,10,22H2,1-2H3. The van der Waals surface area contributed by atoms with Crippen molar-refractivity contribution in [3.05, 3.63) is 48.3 Å². The Bertz CT molecular complexity index is 916. The Labute approximate surface area is 163 Å². The van der Waals surface area contributed by atoms with E-state index in [1.165, 1.54) is 41.6 Å². The summed E-state index contributed by atoms with van der Waals surface area (Å²) in [6.07, 6.45) is 3.00. The molecule has 0 atom stereocenters. The first-order chi connectivity index (χ1) is 13.0. The molecule has 0 spiro atoms. The first-order valence-electron chi connectivity index (χ1n) is 8.21. The van der Waals surface area contributed by atoms with Crippen molar-refractivity contribution in [2.75, 3.05) is 10.6 Å². The molecule has 1 aliphatic rings. The quantitative estimate of drug-likeness (QED) is 0.608. The topological polar surface area (TPSA) is 79.5 Å². The summed E-state index contributed by atoms with van der Waals surface area (Å²) >= 11 is -0.261. The molecular formula is C18H17F3N4O2S. The third kappa shape index (κ3) is 3.77. The van der Waals surface area contributed by atoms with Crippen LogP contribution in [-0.2, 0) is 11.3 Å². The normalized spacial score (nSPS) is 16.8. The van der Waals surface area contributed by atoms with Gasteiger partial charge in [0.05, 0.1) is 24.1 Å². The zero-order valence-electron chi connectivity index (χ0n) is 15.0. The molecule has 1 aromatic carbocycles. The second-order valence-corrected chi connectivity index (χ2v) is 7.82. The van der Waals surface area contributed by atoms with E-state index in [9.17, 15) is 22.8 Å². The van der Waals surface area contributed by atoms with Crippen LogP contribution in [-0.4, -0.2) is 32.9 Å². The molecule has 3 amide bonds. The van der Waals surface area contributed by atoms with E-state index in [4.69, 9.17) is 5.73 Å². The fourth-order valence-electron chi connectivity index (χ4n) is 2.88. The van der Waals surface area contributed by atoms with E-state index in [-0.39, 0.29) is 28.9 Å². The minimum Gasteiger partial charge on any atom is -0.397 e. The van der Waals surface area contributed by atoms with E-state index in [1.807, 2.05) is 0 Å². The summed E-state index contributed by atoms with van der Waals surface area (Å²) in [4.78, 5) is 32.0. The highest BCUT2D eigenvalue weighted by atomic mass is 32.2. The third-order valence-electron chi connectivity index (χ3n) is 4.43. The summed E-state index contributed by atoms with van der Waals surface area (Å²) < 4.78 is 37.4. The van der Waals surface area contributed by atoms with Gasteiger partial charge in [-0.15, -0.1) is 0 Å². The molecule has 0 aliphatic carbocycles. The number of amides is 3. The number of rotatable bonds is 4. The summed E-state index contributed by atoms with van der Waals surface area (Å²) in [5.74, 6) is -0.471. The molecule has 1 saturated heterocycles. The van der Waals surface area contributed by atoms with Crippen molar-refractivity contribution in [1.29, 1.82) is 0 Å². The van der Waals surface area contributed by atoms with E-state index in [1.54, 1.807) is 19.9 Å². The fraction of sp³-hybridized carbons (Fsp3) is 0.278. The SMILES string of the molecule is CC1(C)C(=O)N(c2ccc(SC(F)(F)F)cc2)C(=O)N1Cc1ccncc1N. The van der Waals surface area contributed by atoms with Gasteiger partial charge in [0.1, 0.15) is 5.54 Å². The number of aromatic nitrogens is 1. The predicted molar refractivity (Wildman–Crippen MR) is 99.5 cm³/mol. The monoisotopic (exact) mass is 410 g/mol. The third-order valence-corrected chi connectivity index (χ3v) is 5.17. The zero-order valence-corrected chi connectivity index (χ0v) is 15.8. The van der Waals surface area contributed by atoms with Crippen LogP contribution in [0.4, 0.5) is 29.3 Å². The Morgan fingerprint density at radius 3 is 2.36 bits per heavy atom. The van der Waals surface area contributed by atoms with Crippen LogP contribution in [0.2, 0.25) is 0 Å². The highest BCUT2D eigenvalue weighted by molar-refractivity contribution is 8.00. The highest BCUT2D eigenvalue weighted by Crippen LogP contribution is 2.39. The van der Waals surface area contributed by atoms with Gasteiger partial charge in [-0.3, -0.25) is 9.78 Å². The molecule has 0 bridgehead atoms. The summed E-state index contributed by atoms with van der Waals surface area (Å²) in [5, 5.41) is 0. The van der Waals surface area contributed by atoms with Crippen LogP contribution in [0.1, 0.15) is 19.4 Å². The second-order valence-electron chi connectivity index (χ2n) is 6.68. The van der Waals surface area contributed by atoms with E-state index < -0.39 is 23.0 Å². The molecule has 0 unspecified atom stereocenters. The molecule has 10 heteroatoms. The van der Waals surface area contributed by atoms with Gasteiger partial charge in [0.15, 0.2) is 0 Å². The van der Waals surface area contributed by atoms with Crippen LogP contribution in [0.25, 0.3) is 0 Å². The summed E-state index contributed by atoms with van der Waals surface area (Å²) in [6, 6.07) is 6.20. The molecule has 1 fully saturated rings. The number of nitrogens with zero attached hydrogens (tertiary/aromatic N) is 3. The number of nitrogens with two attached hydrogens (primary N) is 1. The molecule has 2 N–H and O–H groups in total. The maximum atomic E-state index is 13.0. The number of urea groups is 1. The molecule has 6 nitrogen and oxygen atoms in total. The van der Waals surface area contributed by atoms with Gasteiger partial charge in [0.25, 0.3) is 5.91 Å². The molecule has 1 aliphatic heterocycles. The van der Waals surface area contributed by atoms with Gasteiger partial charge in [-0.05, 0) is 61.5 Å². The van der Waals surface area contributed by atoms with Gasteiger partial charge in [-0.2, -0.15) is 13.2 Å². The van der Waals surface area contributed by atoms with Crippen molar-refractivity contribution >= 4 is 35.1 Å². The first-order valence-corrected chi connectivity index (χ1v) is 9.02. The lowest BCUT2D eigenvalue weighted by molar-refractivity contribution is -0.123. The first kappa shape index (κ1) is 20.0. The highest BCUT2D eigenvalue weighted by Gasteiger charge is 2.51. The lowest BCUT2D eigenvalue weighted by atomic mass is 10.0. The zero-order chi connectivity index (χ0) is 20.7. The van der Waals surface area contributed by atoms with Crippen molar-refractivity contribution in [2.24, 2.45) is 0 Å². The summed E-state index contributed by atoms with van der Waals surface area (Å²) in [7, 11) is 0. The minimum absolute atomic E-state index is 0.0315. The molecule has 28 heavy (non-hydrogen) atoms. The van der Waals surface area contributed by atoms with Gasteiger partial charge in [-0.25, -0.2) is 9.69 Å². The lowest BCUT2D eigenvalue weighted by Crippen LogP contribution is -2.43. The molecule has 148 valence electrons. The summed E-state index contributed by atoms with van der Waals surface area (Å²) in [6.45, 7) is 3.32. The maximum absolute atomic E-state index is 13.0. The van der Waals surface area contributed by atoms with Crippen molar-refractivity contribution < 1.29 is 22.8 Å². The van der Waals surface area contributed by atoms with E-state index in [0.717, 1.165) is 4.90 Å². The van der Waals surface area contributed by atoms with Crippen LogP contribution in [0.3, 0.4) is 0 Å².